The number of nitrogens with zero attached hydrogens (tertiary/aromatic N) is 4. The van der Waals surface area contributed by atoms with Crippen molar-refractivity contribution < 1.29 is 9.32 Å². The molecular weight excluding hydrogens is 268 g/mol. The van der Waals surface area contributed by atoms with Gasteiger partial charge in [0, 0.05) is 18.3 Å². The third-order valence-corrected chi connectivity index (χ3v) is 3.67. The van der Waals surface area contributed by atoms with Crippen LogP contribution in [-0.4, -0.2) is 32.5 Å². The fraction of sp³-hybridized carbons (Fsp3) is 0.467. The monoisotopic (exact) mass is 286 g/mol. The van der Waals surface area contributed by atoms with Gasteiger partial charge in [0.2, 0.25) is 0 Å². The minimum Gasteiger partial charge on any atom is -0.359 e. The molecule has 3 heterocycles. The van der Waals surface area contributed by atoms with Crippen LogP contribution in [0.1, 0.15) is 52.3 Å². The molecule has 0 radical (unpaired) electrons. The van der Waals surface area contributed by atoms with Crippen LogP contribution in [0.15, 0.2) is 16.7 Å². The Balaban J connectivity index is 1.89. The SMILES string of the molecule is Cc1cc(C2CCCN2C(=O)c2cc(C)nc(C)n2)on1. The maximum absolute atomic E-state index is 12.7. The summed E-state index contributed by atoms with van der Waals surface area (Å²) < 4.78 is 5.34. The molecule has 0 spiro atoms. The molecule has 1 aliphatic heterocycles. The Morgan fingerprint density at radius 1 is 1.24 bits per heavy atom. The number of hydrogen-bond acceptors (Lipinski definition) is 5. The minimum absolute atomic E-state index is 0.0470. The lowest BCUT2D eigenvalue weighted by molar-refractivity contribution is 0.0708. The molecule has 6 nitrogen and oxygen atoms in total. The Kier molecular flexibility index (Phi) is 3.45. The van der Waals surface area contributed by atoms with Crippen LogP contribution >= 0.6 is 0 Å². The third-order valence-electron chi connectivity index (χ3n) is 3.67. The summed E-state index contributed by atoms with van der Waals surface area (Å²) in [7, 11) is 0. The number of aryl methyl sites for hydroxylation is 3. The van der Waals surface area contributed by atoms with Crippen LogP contribution in [0.2, 0.25) is 0 Å². The first kappa shape index (κ1) is 13.7. The Morgan fingerprint density at radius 2 is 2.05 bits per heavy atom. The fourth-order valence-electron chi connectivity index (χ4n) is 2.82. The predicted octanol–water partition coefficient (Wildman–Crippen LogP) is 2.37. The molecule has 110 valence electrons. The summed E-state index contributed by atoms with van der Waals surface area (Å²) in [4.78, 5) is 23.0. The molecule has 2 aromatic heterocycles. The van der Waals surface area contributed by atoms with Crippen LogP contribution in [0.5, 0.6) is 0 Å². The van der Waals surface area contributed by atoms with Gasteiger partial charge >= 0.3 is 0 Å². The van der Waals surface area contributed by atoms with E-state index in [-0.39, 0.29) is 11.9 Å². The number of carbonyl (C=O) groups is 1. The van der Waals surface area contributed by atoms with Crippen LogP contribution in [0.3, 0.4) is 0 Å². The highest BCUT2D eigenvalue weighted by Crippen LogP contribution is 2.33. The van der Waals surface area contributed by atoms with Gasteiger partial charge in [-0.15, -0.1) is 0 Å². The molecule has 0 aliphatic carbocycles. The van der Waals surface area contributed by atoms with Crippen molar-refractivity contribution >= 4 is 5.91 Å². The summed E-state index contributed by atoms with van der Waals surface area (Å²) in [5.41, 5.74) is 2.08. The summed E-state index contributed by atoms with van der Waals surface area (Å²) in [6.07, 6.45) is 1.85. The molecular formula is C15H18N4O2. The second-order valence-electron chi connectivity index (χ2n) is 5.47. The lowest BCUT2D eigenvalue weighted by Crippen LogP contribution is -2.31. The molecule has 0 saturated carbocycles. The first-order valence-electron chi connectivity index (χ1n) is 7.11. The van der Waals surface area contributed by atoms with Gasteiger partial charge in [-0.05, 0) is 39.7 Å². The molecule has 1 amide bonds. The second-order valence-corrected chi connectivity index (χ2v) is 5.47. The van der Waals surface area contributed by atoms with Gasteiger partial charge < -0.3 is 9.42 Å². The average Bonchev–Trinajstić information content (AvgIpc) is 3.04. The molecule has 0 bridgehead atoms. The maximum atomic E-state index is 12.7. The summed E-state index contributed by atoms with van der Waals surface area (Å²) in [5.74, 6) is 1.30. The largest absolute Gasteiger partial charge is 0.359 e. The van der Waals surface area contributed by atoms with Gasteiger partial charge in [0.1, 0.15) is 11.5 Å². The predicted molar refractivity (Wildman–Crippen MR) is 75.8 cm³/mol. The molecule has 0 aromatic carbocycles. The zero-order valence-electron chi connectivity index (χ0n) is 12.5. The summed E-state index contributed by atoms with van der Waals surface area (Å²) in [6, 6.07) is 3.58. The zero-order valence-corrected chi connectivity index (χ0v) is 12.5. The Labute approximate surface area is 123 Å². The van der Waals surface area contributed by atoms with Gasteiger partial charge in [-0.1, -0.05) is 5.16 Å². The lowest BCUT2D eigenvalue weighted by atomic mass is 10.1. The molecule has 2 aromatic rings. The zero-order chi connectivity index (χ0) is 15.0. The molecule has 1 atom stereocenters. The van der Waals surface area contributed by atoms with E-state index in [1.807, 2.05) is 24.8 Å². The molecule has 3 rings (SSSR count). The van der Waals surface area contributed by atoms with E-state index in [2.05, 4.69) is 15.1 Å². The fourth-order valence-corrected chi connectivity index (χ4v) is 2.82. The standard InChI is InChI=1S/C15H18N4O2/c1-9-7-12(17-11(3)16-9)15(20)19-6-4-5-13(19)14-8-10(2)18-21-14/h7-8,13H,4-6H2,1-3H3. The van der Waals surface area contributed by atoms with E-state index in [4.69, 9.17) is 4.52 Å². The molecule has 1 fully saturated rings. The average molecular weight is 286 g/mol. The van der Waals surface area contributed by atoms with E-state index >= 15 is 0 Å². The van der Waals surface area contributed by atoms with Crippen LogP contribution < -0.4 is 0 Å². The van der Waals surface area contributed by atoms with E-state index in [9.17, 15) is 4.79 Å². The highest BCUT2D eigenvalue weighted by Gasteiger charge is 2.33. The van der Waals surface area contributed by atoms with Crippen LogP contribution in [0.4, 0.5) is 0 Å². The molecule has 1 unspecified atom stereocenters. The Morgan fingerprint density at radius 3 is 2.71 bits per heavy atom. The first-order valence-corrected chi connectivity index (χ1v) is 7.11. The van der Waals surface area contributed by atoms with Gasteiger partial charge in [0.05, 0.1) is 11.7 Å². The van der Waals surface area contributed by atoms with E-state index < -0.39 is 0 Å². The normalized spacial score (nSPS) is 18.2. The molecule has 21 heavy (non-hydrogen) atoms. The maximum Gasteiger partial charge on any atom is 0.273 e. The van der Waals surface area contributed by atoms with Crippen molar-refractivity contribution in [2.45, 2.75) is 39.7 Å². The quantitative estimate of drug-likeness (QED) is 0.847. The van der Waals surface area contributed by atoms with Gasteiger partial charge in [-0.25, -0.2) is 9.97 Å². The van der Waals surface area contributed by atoms with E-state index in [0.717, 1.165) is 30.0 Å². The number of amides is 1. The van der Waals surface area contributed by atoms with Crippen molar-refractivity contribution in [2.75, 3.05) is 6.54 Å². The molecule has 1 aliphatic rings. The third kappa shape index (κ3) is 2.66. The van der Waals surface area contributed by atoms with Crippen molar-refractivity contribution in [1.29, 1.82) is 0 Å². The van der Waals surface area contributed by atoms with Gasteiger partial charge in [-0.3, -0.25) is 4.79 Å². The number of carbonyl (C=O) groups excluding carboxylic acids is 1. The first-order chi connectivity index (χ1) is 10.0. The topological polar surface area (TPSA) is 72.1 Å². The van der Waals surface area contributed by atoms with Crippen LogP contribution in [0, 0.1) is 20.8 Å². The molecule has 1 saturated heterocycles. The molecule has 6 heteroatoms. The van der Waals surface area contributed by atoms with Crippen molar-refractivity contribution in [1.82, 2.24) is 20.0 Å². The number of hydrogen-bond donors (Lipinski definition) is 0. The van der Waals surface area contributed by atoms with Crippen molar-refractivity contribution in [3.8, 4) is 0 Å². The van der Waals surface area contributed by atoms with Crippen LogP contribution in [-0.2, 0) is 0 Å². The summed E-state index contributed by atoms with van der Waals surface area (Å²) in [5, 5.41) is 3.92. The molecule has 0 N–H and O–H groups in total. The smallest absolute Gasteiger partial charge is 0.273 e. The lowest BCUT2D eigenvalue weighted by Gasteiger charge is -2.22. The van der Waals surface area contributed by atoms with E-state index in [1.165, 1.54) is 0 Å². The Hall–Kier alpha value is -2.24. The second kappa shape index (κ2) is 5.27. The highest BCUT2D eigenvalue weighted by atomic mass is 16.5. The highest BCUT2D eigenvalue weighted by molar-refractivity contribution is 5.92. The van der Waals surface area contributed by atoms with Gasteiger partial charge in [0.15, 0.2) is 5.76 Å². The van der Waals surface area contributed by atoms with Gasteiger partial charge in [0.25, 0.3) is 5.91 Å². The number of rotatable bonds is 2. The van der Waals surface area contributed by atoms with Gasteiger partial charge in [-0.2, -0.15) is 0 Å². The van der Waals surface area contributed by atoms with E-state index in [1.54, 1.807) is 13.0 Å². The number of aromatic nitrogens is 3. The minimum atomic E-state index is -0.0693. The summed E-state index contributed by atoms with van der Waals surface area (Å²) >= 11 is 0. The summed E-state index contributed by atoms with van der Waals surface area (Å²) in [6.45, 7) is 6.26. The number of likely N-dealkylation sites (tertiary alicyclic amines) is 1. The Bertz CT molecular complexity index is 660. The van der Waals surface area contributed by atoms with Crippen molar-refractivity contribution in [3.05, 3.63) is 40.8 Å². The van der Waals surface area contributed by atoms with Crippen molar-refractivity contribution in [2.24, 2.45) is 0 Å². The van der Waals surface area contributed by atoms with Crippen LogP contribution in [0.25, 0.3) is 0 Å². The van der Waals surface area contributed by atoms with E-state index in [0.29, 0.717) is 18.1 Å². The van der Waals surface area contributed by atoms with Crippen molar-refractivity contribution in [3.63, 3.8) is 0 Å².